The molecule has 15 heteroatoms. The molecule has 36 heavy (non-hydrogen) atoms. The van der Waals surface area contributed by atoms with Crippen LogP contribution in [0.25, 0.3) is 5.65 Å². The van der Waals surface area contributed by atoms with Crippen LogP contribution in [0.4, 0.5) is 10.1 Å². The first-order chi connectivity index (χ1) is 16.8. The maximum absolute atomic E-state index is 13.6. The van der Waals surface area contributed by atoms with Crippen molar-refractivity contribution in [2.45, 2.75) is 38.3 Å². The number of hydrogen-bond donors (Lipinski definition) is 4. The average molecular weight is 565 g/mol. The van der Waals surface area contributed by atoms with Crippen LogP contribution in [0, 0.1) is 5.82 Å². The van der Waals surface area contributed by atoms with Crippen LogP contribution in [0.15, 0.2) is 36.5 Å². The molecule has 0 amide bonds. The third-order valence-electron chi connectivity index (χ3n) is 5.46. The minimum absolute atomic E-state index is 0.202. The predicted molar refractivity (Wildman–Crippen MR) is 133 cm³/mol. The van der Waals surface area contributed by atoms with Gasteiger partial charge in [-0.15, -0.1) is 0 Å². The standard InChI is InChI=1S/C21H28ClFN4O7P2/c1-13(7-17(33-3)11-34-36(31,32)12-35(28,29)30)19-10-24-21-18(9-20(22)26-27(19)21)25-14(2)15-5-4-6-16(23)8-15/h4-6,8-10,13-14,17,25H,7,11-12H2,1-3H3,(H,31,32)(H2,28,29,30)/t13?,14-,17-/m0/s1. The zero-order valence-corrected chi connectivity index (χ0v) is 22.3. The molecule has 2 heterocycles. The molecule has 2 unspecified atom stereocenters. The summed E-state index contributed by atoms with van der Waals surface area (Å²) in [6.07, 6.45) is 1.28. The van der Waals surface area contributed by atoms with Gasteiger partial charge < -0.3 is 29.3 Å². The van der Waals surface area contributed by atoms with Gasteiger partial charge in [-0.2, -0.15) is 5.10 Å². The van der Waals surface area contributed by atoms with Crippen molar-refractivity contribution in [2.75, 3.05) is 24.9 Å². The van der Waals surface area contributed by atoms with E-state index >= 15 is 0 Å². The zero-order valence-electron chi connectivity index (χ0n) is 19.8. The minimum Gasteiger partial charge on any atom is -0.379 e. The third kappa shape index (κ3) is 7.81. The second kappa shape index (κ2) is 11.7. The first kappa shape index (κ1) is 28.7. The molecule has 0 aliphatic carbocycles. The topological polar surface area (TPSA) is 156 Å². The maximum Gasteiger partial charge on any atom is 0.340 e. The Balaban J connectivity index is 1.76. The van der Waals surface area contributed by atoms with Crippen LogP contribution in [0.3, 0.4) is 0 Å². The van der Waals surface area contributed by atoms with Crippen molar-refractivity contribution in [3.8, 4) is 0 Å². The third-order valence-corrected chi connectivity index (χ3v) is 9.11. The number of methoxy groups -OCH3 is 1. The van der Waals surface area contributed by atoms with Gasteiger partial charge in [0.2, 0.25) is 0 Å². The SMILES string of the molecule is CO[C@H](COP(=O)(O)CP(=O)(O)O)CC(C)c1cnc2c(N[C@@H](C)c3cccc(F)c3)cc(Cl)nn12. The lowest BCUT2D eigenvalue weighted by molar-refractivity contribution is 0.0440. The van der Waals surface area contributed by atoms with Crippen LogP contribution in [0.5, 0.6) is 0 Å². The summed E-state index contributed by atoms with van der Waals surface area (Å²) in [4.78, 5) is 32.1. The molecule has 4 N–H and O–H groups in total. The van der Waals surface area contributed by atoms with Gasteiger partial charge in [0.05, 0.1) is 30.3 Å². The van der Waals surface area contributed by atoms with Crippen molar-refractivity contribution in [3.05, 3.63) is 58.8 Å². The molecule has 198 valence electrons. The average Bonchev–Trinajstić information content (AvgIpc) is 3.19. The molecule has 0 aliphatic rings. The largest absolute Gasteiger partial charge is 0.379 e. The molecule has 2 aromatic heterocycles. The number of halogens is 2. The van der Waals surface area contributed by atoms with Crippen molar-refractivity contribution >= 4 is 38.1 Å². The predicted octanol–water partition coefficient (Wildman–Crippen LogP) is 4.54. The van der Waals surface area contributed by atoms with E-state index in [2.05, 4.69) is 15.4 Å². The fourth-order valence-corrected chi connectivity index (χ4v) is 6.48. The number of nitrogens with one attached hydrogen (secondary N) is 1. The molecule has 0 bridgehead atoms. The van der Waals surface area contributed by atoms with Crippen LogP contribution < -0.4 is 5.32 Å². The number of benzene rings is 1. The molecule has 1 aromatic carbocycles. The fourth-order valence-electron chi connectivity index (χ4n) is 3.71. The van der Waals surface area contributed by atoms with E-state index in [0.717, 1.165) is 5.56 Å². The zero-order chi connectivity index (χ0) is 26.7. The van der Waals surface area contributed by atoms with Gasteiger partial charge in [-0.25, -0.2) is 13.9 Å². The lowest BCUT2D eigenvalue weighted by Crippen LogP contribution is -2.21. The lowest BCUT2D eigenvalue weighted by Gasteiger charge is -2.21. The number of hydrogen-bond acceptors (Lipinski definition) is 7. The van der Waals surface area contributed by atoms with Crippen LogP contribution in [-0.4, -0.2) is 55.0 Å². The van der Waals surface area contributed by atoms with E-state index in [4.69, 9.17) is 30.6 Å². The van der Waals surface area contributed by atoms with E-state index in [0.29, 0.717) is 23.4 Å². The number of ether oxygens (including phenoxy) is 1. The maximum atomic E-state index is 13.6. The Morgan fingerprint density at radius 3 is 2.58 bits per heavy atom. The molecule has 0 radical (unpaired) electrons. The molecule has 0 saturated carbocycles. The molecule has 0 spiro atoms. The second-order valence-electron chi connectivity index (χ2n) is 8.45. The second-order valence-corrected chi connectivity index (χ2v) is 12.8. The molecule has 3 rings (SSSR count). The van der Waals surface area contributed by atoms with Crippen molar-refractivity contribution < 1.29 is 37.5 Å². The van der Waals surface area contributed by atoms with E-state index < -0.39 is 27.2 Å². The summed E-state index contributed by atoms with van der Waals surface area (Å²) in [7, 11) is -7.84. The first-order valence-corrected chi connectivity index (χ1v) is 14.8. The summed E-state index contributed by atoms with van der Waals surface area (Å²) in [5, 5.41) is 7.84. The van der Waals surface area contributed by atoms with Gasteiger partial charge in [0, 0.05) is 25.1 Å². The summed E-state index contributed by atoms with van der Waals surface area (Å²) in [5.74, 6) is -1.84. The minimum atomic E-state index is -4.73. The molecule has 3 aromatic rings. The summed E-state index contributed by atoms with van der Waals surface area (Å²) >= 11 is 6.27. The summed E-state index contributed by atoms with van der Waals surface area (Å²) in [6, 6.07) is 7.62. The van der Waals surface area contributed by atoms with E-state index in [-0.39, 0.29) is 29.5 Å². The number of fused-ring (bicyclic) bond motifs is 1. The van der Waals surface area contributed by atoms with Crippen LogP contribution >= 0.6 is 26.8 Å². The highest BCUT2D eigenvalue weighted by atomic mass is 35.5. The van der Waals surface area contributed by atoms with Gasteiger partial charge in [-0.05, 0) is 31.0 Å². The normalized spacial score (nSPS) is 16.4. The van der Waals surface area contributed by atoms with Gasteiger partial charge >= 0.3 is 15.2 Å². The van der Waals surface area contributed by atoms with Crippen molar-refractivity contribution in [2.24, 2.45) is 0 Å². The summed E-state index contributed by atoms with van der Waals surface area (Å²) in [5.41, 5.74) is 2.51. The highest BCUT2D eigenvalue weighted by Gasteiger charge is 2.32. The van der Waals surface area contributed by atoms with Crippen molar-refractivity contribution in [3.63, 3.8) is 0 Å². The highest BCUT2D eigenvalue weighted by molar-refractivity contribution is 7.70. The number of nitrogens with zero attached hydrogens (tertiary/aromatic N) is 3. The Morgan fingerprint density at radius 1 is 1.22 bits per heavy atom. The molecular weight excluding hydrogens is 537 g/mol. The van der Waals surface area contributed by atoms with Crippen LogP contribution in [0.1, 0.15) is 43.5 Å². The van der Waals surface area contributed by atoms with Crippen LogP contribution in [-0.2, 0) is 18.4 Å². The van der Waals surface area contributed by atoms with E-state index in [1.165, 1.54) is 19.2 Å². The number of aromatic nitrogens is 3. The number of rotatable bonds is 12. The lowest BCUT2D eigenvalue weighted by atomic mass is 10.0. The van der Waals surface area contributed by atoms with Gasteiger partial charge in [0.1, 0.15) is 5.82 Å². The number of anilines is 1. The first-order valence-electron chi connectivity index (χ1n) is 10.9. The van der Waals surface area contributed by atoms with E-state index in [1.807, 2.05) is 13.8 Å². The van der Waals surface area contributed by atoms with Gasteiger partial charge in [0.25, 0.3) is 0 Å². The molecule has 0 fully saturated rings. The Morgan fingerprint density at radius 2 is 1.94 bits per heavy atom. The highest BCUT2D eigenvalue weighted by Crippen LogP contribution is 2.55. The van der Waals surface area contributed by atoms with E-state index in [1.54, 1.807) is 28.9 Å². The Hall–Kier alpha value is -1.88. The van der Waals surface area contributed by atoms with Gasteiger partial charge in [-0.3, -0.25) is 9.13 Å². The molecule has 11 nitrogen and oxygen atoms in total. The monoisotopic (exact) mass is 564 g/mol. The molecule has 0 aliphatic heterocycles. The Bertz CT molecular complexity index is 1300. The van der Waals surface area contributed by atoms with Crippen molar-refractivity contribution in [1.82, 2.24) is 14.6 Å². The summed E-state index contributed by atoms with van der Waals surface area (Å²) in [6.45, 7) is 3.40. The fraction of sp³-hybridized carbons (Fsp3) is 0.429. The Labute approximate surface area is 212 Å². The molecular formula is C21H28ClFN4O7P2. The smallest absolute Gasteiger partial charge is 0.340 e. The van der Waals surface area contributed by atoms with E-state index in [9.17, 15) is 18.4 Å². The van der Waals surface area contributed by atoms with Gasteiger partial charge in [0.15, 0.2) is 16.7 Å². The Kier molecular flexibility index (Phi) is 9.30. The van der Waals surface area contributed by atoms with Gasteiger partial charge in [-0.1, -0.05) is 30.7 Å². The van der Waals surface area contributed by atoms with Crippen molar-refractivity contribution in [1.29, 1.82) is 0 Å². The summed E-state index contributed by atoms with van der Waals surface area (Å²) < 4.78 is 48.4. The molecule has 4 atom stereocenters. The number of imidazole rings is 1. The van der Waals surface area contributed by atoms with Crippen LogP contribution in [0.2, 0.25) is 5.15 Å². The quantitative estimate of drug-likeness (QED) is 0.230. The molecule has 0 saturated heterocycles.